The van der Waals surface area contributed by atoms with Gasteiger partial charge in [0.05, 0.1) is 0 Å². The van der Waals surface area contributed by atoms with Gasteiger partial charge in [0.15, 0.2) is 0 Å². The molecule has 0 saturated heterocycles. The van der Waals surface area contributed by atoms with Crippen LogP contribution in [0.1, 0.15) is 44.5 Å². The third-order valence-corrected chi connectivity index (χ3v) is 8.12. The first-order valence-electron chi connectivity index (χ1n) is 11.1. The molecule has 0 unspecified atom stereocenters. The summed E-state index contributed by atoms with van der Waals surface area (Å²) in [4.78, 5) is 0. The molecule has 0 aromatic heterocycles. The van der Waals surface area contributed by atoms with Gasteiger partial charge in [-0.15, -0.1) is 0 Å². The molecule has 4 aromatic carbocycles. The lowest BCUT2D eigenvalue weighted by Gasteiger charge is -2.11. The van der Waals surface area contributed by atoms with Gasteiger partial charge < -0.3 is 0 Å². The highest BCUT2D eigenvalue weighted by Crippen LogP contribution is 2.38. The Labute approximate surface area is 176 Å². The molecule has 0 spiro atoms. The van der Waals surface area contributed by atoms with Crippen LogP contribution in [-0.4, -0.2) is 0 Å². The molecule has 0 amide bonds. The summed E-state index contributed by atoms with van der Waals surface area (Å²) in [6, 6.07) is 9.22. The summed E-state index contributed by atoms with van der Waals surface area (Å²) in [5.74, 6) is 0. The van der Waals surface area contributed by atoms with Crippen LogP contribution in [0.25, 0.3) is 10.8 Å². The number of benzene rings is 4. The number of rotatable bonds is 0. The molecule has 0 heteroatoms. The summed E-state index contributed by atoms with van der Waals surface area (Å²) < 4.78 is 0. The predicted octanol–water partition coefficient (Wildman–Crippen LogP) is 7.08. The monoisotopic (exact) mass is 388 g/mol. The van der Waals surface area contributed by atoms with E-state index in [-0.39, 0.29) is 0 Å². The quantitative estimate of drug-likeness (QED) is 0.261. The molecule has 0 radical (unpaired) electrons. The van der Waals surface area contributed by atoms with E-state index in [1.54, 1.807) is 0 Å². The first-order valence-corrected chi connectivity index (χ1v) is 11.1. The lowest BCUT2D eigenvalue weighted by atomic mass is 9.92. The third kappa shape index (κ3) is 1.76. The topological polar surface area (TPSA) is 0 Å². The van der Waals surface area contributed by atoms with E-state index in [9.17, 15) is 0 Å². The summed E-state index contributed by atoms with van der Waals surface area (Å²) >= 11 is 0. The Kier molecular flexibility index (Phi) is 3.25. The largest absolute Gasteiger partial charge is 0.0584 e. The second-order valence-corrected chi connectivity index (χ2v) is 9.65. The van der Waals surface area contributed by atoms with Crippen molar-refractivity contribution in [1.29, 1.82) is 0 Å². The Bertz CT molecular complexity index is 1620. The van der Waals surface area contributed by atoms with Gasteiger partial charge in [-0.05, 0) is 152 Å². The first kappa shape index (κ1) is 18.0. The van der Waals surface area contributed by atoms with E-state index in [2.05, 4.69) is 79.7 Å². The molecule has 0 heterocycles. The van der Waals surface area contributed by atoms with Gasteiger partial charge in [0.1, 0.15) is 0 Å². The highest BCUT2D eigenvalue weighted by atomic mass is 14.2. The standard InChI is InChI=1S/C30H28/c1-13-9-10-14(2)22-21(13)25-17(5)18(6)27-23-15(3)11-12-16(4)24(23)28-20(8)19(7)26(22)29(25)30(27)28/h9-12H,1-8H3. The fourth-order valence-electron chi connectivity index (χ4n) is 6.41. The SMILES string of the molecule is Cc1ccc(C)c2c1=c1c(C)c(C)c3c4c(c(C)c(C)c=2c14)=c1c(C)ccc(C)c1=3. The minimum Gasteiger partial charge on any atom is -0.0584 e. The fraction of sp³-hybridized carbons (Fsp3) is 0.267. The zero-order valence-corrected chi connectivity index (χ0v) is 19.3. The molecule has 0 bridgehead atoms. The fourth-order valence-corrected chi connectivity index (χ4v) is 6.41. The third-order valence-electron chi connectivity index (χ3n) is 8.12. The van der Waals surface area contributed by atoms with Crippen molar-refractivity contribution < 1.29 is 0 Å². The van der Waals surface area contributed by atoms with Crippen LogP contribution in [0, 0.1) is 97.1 Å². The van der Waals surface area contributed by atoms with Gasteiger partial charge >= 0.3 is 0 Å². The van der Waals surface area contributed by atoms with Crippen LogP contribution in [0.15, 0.2) is 24.3 Å². The van der Waals surface area contributed by atoms with E-state index >= 15 is 0 Å². The molecule has 0 aliphatic heterocycles. The van der Waals surface area contributed by atoms with Crippen LogP contribution in [0.5, 0.6) is 0 Å². The van der Waals surface area contributed by atoms with E-state index in [0.717, 1.165) is 0 Å². The zero-order chi connectivity index (χ0) is 21.2. The average molecular weight is 389 g/mol. The summed E-state index contributed by atoms with van der Waals surface area (Å²) in [5, 5.41) is 14.9. The minimum atomic E-state index is 1.39. The Hall–Kier alpha value is -2.86. The molecule has 6 rings (SSSR count). The van der Waals surface area contributed by atoms with Crippen LogP contribution < -0.4 is 0 Å². The molecule has 0 N–H and O–H groups in total. The van der Waals surface area contributed by atoms with E-state index in [4.69, 9.17) is 0 Å². The van der Waals surface area contributed by atoms with E-state index in [1.165, 1.54) is 97.0 Å². The molecule has 0 nitrogen and oxygen atoms in total. The smallest absolute Gasteiger partial charge is 0.000793 e. The van der Waals surface area contributed by atoms with Crippen molar-refractivity contribution in [1.82, 2.24) is 0 Å². The number of aryl methyl sites for hydroxylation is 4. The first-order chi connectivity index (χ1) is 14.3. The van der Waals surface area contributed by atoms with Crippen molar-refractivity contribution in [3.05, 3.63) is 111 Å². The van der Waals surface area contributed by atoms with Crippen molar-refractivity contribution in [2.24, 2.45) is 0 Å². The molecule has 2 aliphatic carbocycles. The maximum absolute atomic E-state index is 2.35. The summed E-state index contributed by atoms with van der Waals surface area (Å²) in [7, 11) is 0. The Morgan fingerprint density at radius 3 is 0.700 bits per heavy atom. The van der Waals surface area contributed by atoms with Crippen LogP contribution in [-0.2, 0) is 0 Å². The lowest BCUT2D eigenvalue weighted by molar-refractivity contribution is 1.23. The number of hydrogen-bond donors (Lipinski definition) is 0. The average Bonchev–Trinajstić information content (AvgIpc) is 3.26. The predicted molar refractivity (Wildman–Crippen MR) is 125 cm³/mol. The molecular weight excluding hydrogens is 360 g/mol. The molecule has 0 fully saturated rings. The van der Waals surface area contributed by atoms with Gasteiger partial charge in [-0.25, -0.2) is 0 Å². The van der Waals surface area contributed by atoms with Crippen molar-refractivity contribution in [3.63, 3.8) is 0 Å². The van der Waals surface area contributed by atoms with Crippen molar-refractivity contribution in [2.45, 2.75) is 55.4 Å². The van der Waals surface area contributed by atoms with Gasteiger partial charge in [0.2, 0.25) is 0 Å². The molecule has 2 aliphatic rings. The maximum Gasteiger partial charge on any atom is -0.000793 e. The normalized spacial score (nSPS) is 12.7. The van der Waals surface area contributed by atoms with Crippen LogP contribution >= 0.6 is 0 Å². The number of fused-ring (bicyclic) bond motifs is 2. The molecular formula is C30H28. The molecule has 0 atom stereocenters. The Morgan fingerprint density at radius 2 is 0.500 bits per heavy atom. The van der Waals surface area contributed by atoms with Gasteiger partial charge in [0, 0.05) is 0 Å². The van der Waals surface area contributed by atoms with E-state index in [0.29, 0.717) is 0 Å². The van der Waals surface area contributed by atoms with E-state index < -0.39 is 0 Å². The summed E-state index contributed by atoms with van der Waals surface area (Å²) in [6.07, 6.45) is 0. The van der Waals surface area contributed by atoms with Crippen molar-refractivity contribution in [3.8, 4) is 0 Å². The molecule has 0 saturated carbocycles. The minimum absolute atomic E-state index is 1.39. The van der Waals surface area contributed by atoms with Crippen molar-refractivity contribution >= 4 is 10.8 Å². The summed E-state index contributed by atoms with van der Waals surface area (Å²) in [6.45, 7) is 18.5. The Morgan fingerprint density at radius 1 is 0.300 bits per heavy atom. The molecule has 30 heavy (non-hydrogen) atoms. The van der Waals surface area contributed by atoms with Gasteiger partial charge in [-0.3, -0.25) is 0 Å². The van der Waals surface area contributed by atoms with E-state index in [1.807, 2.05) is 0 Å². The second kappa shape index (κ2) is 5.43. The Balaban J connectivity index is 2.29. The van der Waals surface area contributed by atoms with Crippen LogP contribution in [0.4, 0.5) is 0 Å². The maximum atomic E-state index is 2.35. The van der Waals surface area contributed by atoms with Crippen LogP contribution in [0.3, 0.4) is 0 Å². The summed E-state index contributed by atoms with van der Waals surface area (Å²) in [5.41, 5.74) is 11.4. The van der Waals surface area contributed by atoms with Gasteiger partial charge in [-0.1, -0.05) is 24.3 Å². The number of hydrogen-bond acceptors (Lipinski definition) is 0. The van der Waals surface area contributed by atoms with Gasteiger partial charge in [0.25, 0.3) is 0 Å². The highest BCUT2D eigenvalue weighted by molar-refractivity contribution is 5.91. The van der Waals surface area contributed by atoms with Crippen LogP contribution in [0.2, 0.25) is 0 Å². The lowest BCUT2D eigenvalue weighted by Crippen LogP contribution is -1.94. The molecule has 148 valence electrons. The van der Waals surface area contributed by atoms with Gasteiger partial charge in [-0.2, -0.15) is 0 Å². The second-order valence-electron chi connectivity index (χ2n) is 9.65. The zero-order valence-electron chi connectivity index (χ0n) is 19.3. The highest BCUT2D eigenvalue weighted by Gasteiger charge is 2.22. The molecule has 4 aromatic rings. The van der Waals surface area contributed by atoms with Crippen molar-refractivity contribution in [2.75, 3.05) is 0 Å².